The Kier molecular flexibility index (Phi) is 2.34. The van der Waals surface area contributed by atoms with E-state index < -0.39 is 6.10 Å². The molecular weight excluding hydrogens is 240 g/mol. The highest BCUT2D eigenvalue weighted by Gasteiger charge is 2.27. The van der Waals surface area contributed by atoms with Gasteiger partial charge in [0.1, 0.15) is 10.9 Å². The third-order valence-corrected chi connectivity index (χ3v) is 4.05. The van der Waals surface area contributed by atoms with Crippen molar-refractivity contribution in [2.75, 3.05) is 0 Å². The van der Waals surface area contributed by atoms with E-state index in [1.54, 1.807) is 0 Å². The van der Waals surface area contributed by atoms with Crippen LogP contribution in [0, 0.1) is 0 Å². The van der Waals surface area contributed by atoms with E-state index >= 15 is 0 Å². The molecule has 1 aliphatic heterocycles. The first-order chi connectivity index (χ1) is 8.16. The van der Waals surface area contributed by atoms with Gasteiger partial charge in [-0.05, 0) is 12.5 Å². The summed E-state index contributed by atoms with van der Waals surface area (Å²) in [6.07, 6.45) is 1.44. The predicted molar refractivity (Wildman–Crippen MR) is 63.2 cm³/mol. The van der Waals surface area contributed by atoms with Crippen molar-refractivity contribution < 1.29 is 9.53 Å². The predicted octanol–water partition coefficient (Wildman–Crippen LogP) is 1.01. The largest absolute Gasteiger partial charge is 0.365 e. The number of ether oxygens (including phenoxy) is 1. The van der Waals surface area contributed by atoms with Crippen molar-refractivity contribution in [3.05, 3.63) is 27.1 Å². The highest BCUT2D eigenvalue weighted by Crippen LogP contribution is 2.32. The number of ketones is 1. The lowest BCUT2D eigenvalue weighted by molar-refractivity contribution is -0.129. The summed E-state index contributed by atoms with van der Waals surface area (Å²) < 4.78 is 5.46. The molecule has 5 nitrogen and oxygen atoms in total. The lowest BCUT2D eigenvalue weighted by Gasteiger charge is -2.20. The third kappa shape index (κ3) is 1.60. The van der Waals surface area contributed by atoms with E-state index in [1.165, 1.54) is 24.6 Å². The Hall–Kier alpha value is -1.53. The summed E-state index contributed by atoms with van der Waals surface area (Å²) in [6, 6.07) is 0. The molecule has 0 saturated carbocycles. The highest BCUT2D eigenvalue weighted by atomic mass is 32.1. The van der Waals surface area contributed by atoms with Crippen LogP contribution in [0.15, 0.2) is 11.1 Å². The molecule has 0 aromatic carbocycles. The smallest absolute Gasteiger partial charge is 0.259 e. The van der Waals surface area contributed by atoms with Crippen LogP contribution in [0.1, 0.15) is 17.4 Å². The summed E-state index contributed by atoms with van der Waals surface area (Å²) in [5, 5.41) is 0.613. The lowest BCUT2D eigenvalue weighted by Crippen LogP contribution is -2.28. The van der Waals surface area contributed by atoms with Gasteiger partial charge >= 0.3 is 0 Å². The van der Waals surface area contributed by atoms with E-state index in [0.29, 0.717) is 23.2 Å². The van der Waals surface area contributed by atoms with Crippen LogP contribution in [0.2, 0.25) is 0 Å². The maximum atomic E-state index is 11.8. The quantitative estimate of drug-likeness (QED) is 0.820. The molecule has 0 amide bonds. The maximum Gasteiger partial charge on any atom is 0.259 e. The minimum Gasteiger partial charge on any atom is -0.365 e. The SMILES string of the molecule is CC(=O)C1Cc2c(sc3nc[nH]c(=O)c23)CO1. The van der Waals surface area contributed by atoms with Gasteiger partial charge in [-0.15, -0.1) is 11.3 Å². The Bertz CT molecular complexity index is 658. The minimum absolute atomic E-state index is 0.00433. The summed E-state index contributed by atoms with van der Waals surface area (Å²) in [6.45, 7) is 1.90. The Morgan fingerprint density at radius 1 is 1.65 bits per heavy atom. The molecule has 0 saturated heterocycles. The summed E-state index contributed by atoms with van der Waals surface area (Å²) in [4.78, 5) is 31.5. The highest BCUT2D eigenvalue weighted by molar-refractivity contribution is 7.18. The van der Waals surface area contributed by atoms with E-state index in [2.05, 4.69) is 9.97 Å². The number of carbonyl (C=O) groups is 1. The van der Waals surface area contributed by atoms with Gasteiger partial charge < -0.3 is 9.72 Å². The molecule has 3 heterocycles. The van der Waals surface area contributed by atoms with Gasteiger partial charge in [0.2, 0.25) is 0 Å². The van der Waals surface area contributed by atoms with Crippen LogP contribution in [0.3, 0.4) is 0 Å². The number of nitrogens with one attached hydrogen (secondary N) is 1. The molecule has 1 atom stereocenters. The molecule has 2 aromatic rings. The molecule has 1 aliphatic rings. The molecule has 0 spiro atoms. The van der Waals surface area contributed by atoms with Crippen LogP contribution in [-0.4, -0.2) is 21.9 Å². The number of nitrogens with zero attached hydrogens (tertiary/aromatic N) is 1. The van der Waals surface area contributed by atoms with E-state index in [-0.39, 0.29) is 11.3 Å². The van der Waals surface area contributed by atoms with Crippen LogP contribution in [0.25, 0.3) is 10.2 Å². The fraction of sp³-hybridized carbons (Fsp3) is 0.364. The lowest BCUT2D eigenvalue weighted by atomic mass is 10.0. The zero-order valence-electron chi connectivity index (χ0n) is 9.15. The number of aromatic nitrogens is 2. The van der Waals surface area contributed by atoms with Crippen molar-refractivity contribution in [2.45, 2.75) is 26.1 Å². The first kappa shape index (κ1) is 10.6. The Morgan fingerprint density at radius 3 is 3.24 bits per heavy atom. The first-order valence-corrected chi connectivity index (χ1v) is 6.08. The van der Waals surface area contributed by atoms with Crippen molar-refractivity contribution in [1.29, 1.82) is 0 Å². The second-order valence-corrected chi connectivity index (χ2v) is 5.11. The number of hydrogen-bond donors (Lipinski definition) is 1. The average Bonchev–Trinajstić information content (AvgIpc) is 2.67. The molecular formula is C11H10N2O3S. The zero-order valence-corrected chi connectivity index (χ0v) is 9.97. The molecule has 3 rings (SSSR count). The van der Waals surface area contributed by atoms with Gasteiger partial charge in [0, 0.05) is 11.3 Å². The van der Waals surface area contributed by atoms with Crippen LogP contribution < -0.4 is 5.56 Å². The number of H-pyrrole nitrogens is 1. The Balaban J connectivity index is 2.20. The number of rotatable bonds is 1. The number of aromatic amines is 1. The molecule has 0 bridgehead atoms. The molecule has 6 heteroatoms. The monoisotopic (exact) mass is 250 g/mol. The van der Waals surface area contributed by atoms with Crippen molar-refractivity contribution in [3.63, 3.8) is 0 Å². The van der Waals surface area contributed by atoms with Crippen LogP contribution in [-0.2, 0) is 22.6 Å². The van der Waals surface area contributed by atoms with Gasteiger partial charge in [0.05, 0.1) is 18.3 Å². The number of hydrogen-bond acceptors (Lipinski definition) is 5. The van der Waals surface area contributed by atoms with E-state index in [9.17, 15) is 9.59 Å². The second-order valence-electron chi connectivity index (χ2n) is 4.03. The topological polar surface area (TPSA) is 72.0 Å². The van der Waals surface area contributed by atoms with Gasteiger partial charge in [-0.2, -0.15) is 0 Å². The number of thiophene rings is 1. The summed E-state index contributed by atoms with van der Waals surface area (Å²) in [7, 11) is 0. The molecule has 2 aromatic heterocycles. The minimum atomic E-state index is -0.431. The van der Waals surface area contributed by atoms with Crippen LogP contribution >= 0.6 is 11.3 Å². The van der Waals surface area contributed by atoms with E-state index in [4.69, 9.17) is 4.74 Å². The Morgan fingerprint density at radius 2 is 2.47 bits per heavy atom. The maximum absolute atomic E-state index is 11.8. The van der Waals surface area contributed by atoms with Crippen molar-refractivity contribution >= 4 is 27.3 Å². The zero-order chi connectivity index (χ0) is 12.0. The average molecular weight is 250 g/mol. The summed E-state index contributed by atoms with van der Waals surface area (Å²) >= 11 is 1.46. The van der Waals surface area contributed by atoms with E-state index in [0.717, 1.165) is 10.4 Å². The van der Waals surface area contributed by atoms with Crippen LogP contribution in [0.5, 0.6) is 0 Å². The van der Waals surface area contributed by atoms with Gasteiger partial charge in [-0.25, -0.2) is 4.98 Å². The molecule has 88 valence electrons. The molecule has 0 fully saturated rings. The molecule has 1 N–H and O–H groups in total. The summed E-state index contributed by atoms with van der Waals surface area (Å²) in [5.41, 5.74) is 0.780. The van der Waals surface area contributed by atoms with Gasteiger partial charge in [-0.1, -0.05) is 0 Å². The molecule has 17 heavy (non-hydrogen) atoms. The first-order valence-electron chi connectivity index (χ1n) is 5.27. The van der Waals surface area contributed by atoms with Gasteiger partial charge in [0.25, 0.3) is 5.56 Å². The third-order valence-electron chi connectivity index (χ3n) is 2.94. The number of Topliss-reactive ketones (excluding diaryl/α,β-unsaturated/α-hetero) is 1. The Labute approximate surface area is 100 Å². The fourth-order valence-corrected chi connectivity index (χ4v) is 3.15. The standard InChI is InChI=1S/C11H10N2O3S/c1-5(14)7-2-6-8(3-16-7)17-11-9(6)10(15)12-4-13-11/h4,7H,2-3H2,1H3,(H,12,13,15). The van der Waals surface area contributed by atoms with Gasteiger partial charge in [0.15, 0.2) is 5.78 Å². The fourth-order valence-electron chi connectivity index (χ4n) is 2.06. The van der Waals surface area contributed by atoms with Crippen molar-refractivity contribution in [2.24, 2.45) is 0 Å². The second kappa shape index (κ2) is 3.75. The molecule has 0 radical (unpaired) electrons. The van der Waals surface area contributed by atoms with Gasteiger partial charge in [-0.3, -0.25) is 9.59 Å². The van der Waals surface area contributed by atoms with Crippen molar-refractivity contribution in [1.82, 2.24) is 9.97 Å². The number of carbonyl (C=O) groups excluding carboxylic acids is 1. The van der Waals surface area contributed by atoms with Crippen molar-refractivity contribution in [3.8, 4) is 0 Å². The molecule has 1 unspecified atom stereocenters. The van der Waals surface area contributed by atoms with Crippen LogP contribution in [0.4, 0.5) is 0 Å². The van der Waals surface area contributed by atoms with E-state index in [1.807, 2.05) is 0 Å². The number of fused-ring (bicyclic) bond motifs is 3. The molecule has 0 aliphatic carbocycles. The normalized spacial score (nSPS) is 19.2. The summed E-state index contributed by atoms with van der Waals surface area (Å²) in [5.74, 6) is -0.00433.